The monoisotopic (exact) mass is 162 g/mol. The zero-order valence-electron chi connectivity index (χ0n) is 8.89. The summed E-state index contributed by atoms with van der Waals surface area (Å²) in [7, 11) is 0. The smallest absolute Gasteiger partial charge is 0.0819 e. The molecular weight excluding hydrogens is 143 g/mol. The highest BCUT2D eigenvalue weighted by Gasteiger charge is 2.03. The van der Waals surface area contributed by atoms with Crippen LogP contribution >= 0.6 is 0 Å². The maximum absolute atomic E-state index is 2.22. The van der Waals surface area contributed by atoms with Crippen molar-refractivity contribution in [3.05, 3.63) is 29.8 Å². The van der Waals surface area contributed by atoms with Crippen molar-refractivity contribution in [3.63, 3.8) is 0 Å². The molecule has 0 bridgehead atoms. The highest BCUT2D eigenvalue weighted by atomic mass is 13.9. The lowest BCUT2D eigenvalue weighted by molar-refractivity contribution is 1.50. The Hall–Kier alpha value is -0.715. The van der Waals surface area contributed by atoms with Gasteiger partial charge in [-0.15, -0.1) is 0 Å². The second kappa shape index (κ2) is 5.88. The van der Waals surface area contributed by atoms with Crippen molar-refractivity contribution in [1.29, 1.82) is 0 Å². The Morgan fingerprint density at radius 2 is 1.50 bits per heavy atom. The lowest BCUT2D eigenvalue weighted by Crippen LogP contribution is -2.24. The molecule has 0 aliphatic rings. The molecule has 66 valence electrons. The van der Waals surface area contributed by atoms with E-state index in [0.717, 1.165) is 0 Å². The molecule has 0 N–H and O–H groups in total. The Morgan fingerprint density at radius 1 is 1.00 bits per heavy atom. The van der Waals surface area contributed by atoms with Crippen LogP contribution in [-0.4, -0.2) is 6.71 Å². The number of hydrogen-bond donors (Lipinski definition) is 0. The average molecular weight is 162 g/mol. The standard InChI is InChI=1S/C9H13B.C2H6/c1-8-6-4-5-7-9(8)10(2)3;1-2/h4-7H,1-3H3;1-2H3. The van der Waals surface area contributed by atoms with Gasteiger partial charge in [-0.3, -0.25) is 0 Å². The molecule has 1 aromatic rings. The normalized spacial score (nSPS) is 8.42. The molecule has 12 heavy (non-hydrogen) atoms. The SMILES string of the molecule is CB(C)c1ccccc1C.CC. The molecule has 0 fully saturated rings. The lowest BCUT2D eigenvalue weighted by atomic mass is 9.48. The fourth-order valence-electron chi connectivity index (χ4n) is 1.23. The van der Waals surface area contributed by atoms with Crippen LogP contribution in [0.5, 0.6) is 0 Å². The summed E-state index contributed by atoms with van der Waals surface area (Å²) in [5.74, 6) is 0. The lowest BCUT2D eigenvalue weighted by Gasteiger charge is -2.04. The molecule has 0 atom stereocenters. The van der Waals surface area contributed by atoms with Gasteiger partial charge in [-0.05, 0) is 6.92 Å². The summed E-state index contributed by atoms with van der Waals surface area (Å²) in [4.78, 5) is 0. The summed E-state index contributed by atoms with van der Waals surface area (Å²) in [6, 6.07) is 8.54. The van der Waals surface area contributed by atoms with Gasteiger partial charge < -0.3 is 0 Å². The Labute approximate surface area is 77.1 Å². The van der Waals surface area contributed by atoms with E-state index in [4.69, 9.17) is 0 Å². The average Bonchev–Trinajstić information content (AvgIpc) is 2.08. The van der Waals surface area contributed by atoms with E-state index in [1.54, 1.807) is 0 Å². The quantitative estimate of drug-likeness (QED) is 0.557. The molecule has 0 amide bonds. The van der Waals surface area contributed by atoms with Crippen LogP contribution in [0.4, 0.5) is 0 Å². The predicted molar refractivity (Wildman–Crippen MR) is 59.6 cm³/mol. The third-order valence-corrected chi connectivity index (χ3v) is 1.81. The molecule has 1 heteroatoms. The molecule has 0 heterocycles. The molecule has 1 rings (SSSR count). The van der Waals surface area contributed by atoms with E-state index in [0.29, 0.717) is 6.71 Å². The minimum Gasteiger partial charge on any atom is -0.0819 e. The maximum Gasteiger partial charge on any atom is 0.169 e. The van der Waals surface area contributed by atoms with Gasteiger partial charge in [-0.1, -0.05) is 62.8 Å². The Bertz CT molecular complexity index is 216. The summed E-state index contributed by atoms with van der Waals surface area (Å²) >= 11 is 0. The van der Waals surface area contributed by atoms with Crippen LogP contribution in [-0.2, 0) is 0 Å². The van der Waals surface area contributed by atoms with Gasteiger partial charge in [-0.2, -0.15) is 0 Å². The van der Waals surface area contributed by atoms with E-state index >= 15 is 0 Å². The van der Waals surface area contributed by atoms with E-state index in [9.17, 15) is 0 Å². The summed E-state index contributed by atoms with van der Waals surface area (Å²) in [5, 5.41) is 0. The van der Waals surface area contributed by atoms with Crippen molar-refractivity contribution in [1.82, 2.24) is 0 Å². The molecule has 1 aromatic carbocycles. The maximum atomic E-state index is 2.22. The summed E-state index contributed by atoms with van der Waals surface area (Å²) in [6.45, 7) is 11.3. The van der Waals surface area contributed by atoms with E-state index in [1.807, 2.05) is 13.8 Å². The number of aryl methyl sites for hydroxylation is 1. The zero-order chi connectivity index (χ0) is 9.56. The van der Waals surface area contributed by atoms with Crippen molar-refractivity contribution >= 4 is 12.2 Å². The Kier molecular flexibility index (Phi) is 5.52. The van der Waals surface area contributed by atoms with Crippen LogP contribution in [0.25, 0.3) is 0 Å². The van der Waals surface area contributed by atoms with Gasteiger partial charge in [0, 0.05) is 0 Å². The molecule has 0 radical (unpaired) electrons. The Morgan fingerprint density at radius 3 is 1.83 bits per heavy atom. The minimum atomic E-state index is 0.654. The van der Waals surface area contributed by atoms with Crippen molar-refractivity contribution in [3.8, 4) is 0 Å². The van der Waals surface area contributed by atoms with Gasteiger partial charge in [-0.25, -0.2) is 0 Å². The van der Waals surface area contributed by atoms with E-state index in [2.05, 4.69) is 44.8 Å². The first-order valence-electron chi connectivity index (χ1n) is 4.77. The first kappa shape index (κ1) is 11.3. The van der Waals surface area contributed by atoms with Crippen LogP contribution < -0.4 is 5.46 Å². The topological polar surface area (TPSA) is 0 Å². The van der Waals surface area contributed by atoms with Crippen molar-refractivity contribution in [2.75, 3.05) is 0 Å². The van der Waals surface area contributed by atoms with E-state index in [1.165, 1.54) is 11.0 Å². The van der Waals surface area contributed by atoms with Crippen LogP contribution in [0, 0.1) is 6.92 Å². The van der Waals surface area contributed by atoms with Crippen molar-refractivity contribution < 1.29 is 0 Å². The highest BCUT2D eigenvalue weighted by molar-refractivity contribution is 6.71. The van der Waals surface area contributed by atoms with Crippen LogP contribution in [0.1, 0.15) is 19.4 Å². The molecule has 0 aromatic heterocycles. The summed E-state index contributed by atoms with van der Waals surface area (Å²) in [5.41, 5.74) is 2.86. The first-order chi connectivity index (χ1) is 5.72. The molecular formula is C11H19B. The largest absolute Gasteiger partial charge is 0.169 e. The van der Waals surface area contributed by atoms with E-state index in [-0.39, 0.29) is 0 Å². The van der Waals surface area contributed by atoms with Crippen LogP contribution in [0.15, 0.2) is 24.3 Å². The molecule has 0 saturated carbocycles. The van der Waals surface area contributed by atoms with Gasteiger partial charge >= 0.3 is 0 Å². The van der Waals surface area contributed by atoms with E-state index < -0.39 is 0 Å². The first-order valence-corrected chi connectivity index (χ1v) is 4.77. The molecule has 0 spiro atoms. The second-order valence-corrected chi connectivity index (χ2v) is 3.01. The Balaban J connectivity index is 0.000000561. The third kappa shape index (κ3) is 3.12. The fourth-order valence-corrected chi connectivity index (χ4v) is 1.23. The number of rotatable bonds is 1. The van der Waals surface area contributed by atoms with Crippen molar-refractivity contribution in [2.24, 2.45) is 0 Å². The highest BCUT2D eigenvalue weighted by Crippen LogP contribution is 1.95. The molecule has 0 nitrogen and oxygen atoms in total. The number of hydrogen-bond acceptors (Lipinski definition) is 0. The molecule has 0 aliphatic carbocycles. The summed E-state index contributed by atoms with van der Waals surface area (Å²) < 4.78 is 0. The van der Waals surface area contributed by atoms with Gasteiger partial charge in [0.05, 0.1) is 0 Å². The minimum absolute atomic E-state index is 0.654. The van der Waals surface area contributed by atoms with Gasteiger partial charge in [0.2, 0.25) is 0 Å². The van der Waals surface area contributed by atoms with Crippen molar-refractivity contribution in [2.45, 2.75) is 34.4 Å². The third-order valence-electron chi connectivity index (χ3n) is 1.81. The molecule has 0 saturated heterocycles. The van der Waals surface area contributed by atoms with Crippen LogP contribution in [0.2, 0.25) is 13.6 Å². The van der Waals surface area contributed by atoms with Crippen LogP contribution in [0.3, 0.4) is 0 Å². The summed E-state index contributed by atoms with van der Waals surface area (Å²) in [6.07, 6.45) is 0. The van der Waals surface area contributed by atoms with Gasteiger partial charge in [0.15, 0.2) is 6.71 Å². The predicted octanol–water partition coefficient (Wildman–Crippen LogP) is 2.98. The molecule has 0 unspecified atom stereocenters. The fraction of sp³-hybridized carbons (Fsp3) is 0.455. The zero-order valence-corrected chi connectivity index (χ0v) is 8.89. The number of benzene rings is 1. The molecule has 0 aliphatic heterocycles. The second-order valence-electron chi connectivity index (χ2n) is 3.01. The van der Waals surface area contributed by atoms with Gasteiger partial charge in [0.25, 0.3) is 0 Å². The van der Waals surface area contributed by atoms with Gasteiger partial charge in [0.1, 0.15) is 0 Å².